The van der Waals surface area contributed by atoms with Crippen molar-refractivity contribution in [3.63, 3.8) is 0 Å². The van der Waals surface area contributed by atoms with Crippen LogP contribution in [0.1, 0.15) is 32.8 Å². The van der Waals surface area contributed by atoms with Gasteiger partial charge in [-0.3, -0.25) is 9.79 Å². The van der Waals surface area contributed by atoms with Crippen molar-refractivity contribution in [2.24, 2.45) is 16.8 Å². The van der Waals surface area contributed by atoms with Gasteiger partial charge in [-0.15, -0.1) is 24.0 Å². The summed E-state index contributed by atoms with van der Waals surface area (Å²) >= 11 is 0. The Morgan fingerprint density at radius 2 is 2.00 bits per heavy atom. The number of carbonyl (C=O) groups is 1. The SMILES string of the molecule is CCNC(=NCCCc1ccc(OC)c(OCC)c1)N1CC(C)C(C(=O)OC)C1.I. The number of hydrogen-bond donors (Lipinski definition) is 1. The summed E-state index contributed by atoms with van der Waals surface area (Å²) in [5.74, 6) is 2.43. The summed E-state index contributed by atoms with van der Waals surface area (Å²) in [5.41, 5.74) is 1.20. The van der Waals surface area contributed by atoms with Crippen LogP contribution in [0, 0.1) is 11.8 Å². The molecular formula is C22H36IN3O4. The van der Waals surface area contributed by atoms with Crippen molar-refractivity contribution in [1.29, 1.82) is 0 Å². The summed E-state index contributed by atoms with van der Waals surface area (Å²) in [4.78, 5) is 18.9. The maximum Gasteiger partial charge on any atom is 0.310 e. The van der Waals surface area contributed by atoms with Crippen molar-refractivity contribution in [2.45, 2.75) is 33.6 Å². The number of guanidine groups is 1. The molecule has 0 saturated carbocycles. The van der Waals surface area contributed by atoms with Crippen molar-refractivity contribution in [3.05, 3.63) is 23.8 Å². The van der Waals surface area contributed by atoms with Crippen LogP contribution >= 0.6 is 24.0 Å². The van der Waals surface area contributed by atoms with E-state index in [0.29, 0.717) is 19.7 Å². The number of hydrogen-bond acceptors (Lipinski definition) is 5. The van der Waals surface area contributed by atoms with Gasteiger partial charge in [-0.25, -0.2) is 0 Å². The smallest absolute Gasteiger partial charge is 0.310 e. The second-order valence-corrected chi connectivity index (χ2v) is 7.27. The highest BCUT2D eigenvalue weighted by molar-refractivity contribution is 14.0. The molecule has 2 unspecified atom stereocenters. The number of methoxy groups -OCH3 is 2. The van der Waals surface area contributed by atoms with Gasteiger partial charge in [0.2, 0.25) is 0 Å². The molecule has 170 valence electrons. The molecule has 1 aromatic rings. The molecule has 0 radical (unpaired) electrons. The van der Waals surface area contributed by atoms with E-state index in [4.69, 9.17) is 19.2 Å². The molecule has 1 heterocycles. The summed E-state index contributed by atoms with van der Waals surface area (Å²) < 4.78 is 15.9. The van der Waals surface area contributed by atoms with Crippen molar-refractivity contribution in [1.82, 2.24) is 10.2 Å². The molecule has 1 aliphatic rings. The first-order valence-electron chi connectivity index (χ1n) is 10.4. The van der Waals surface area contributed by atoms with Crippen LogP contribution in [0.5, 0.6) is 11.5 Å². The lowest BCUT2D eigenvalue weighted by Gasteiger charge is -2.21. The number of nitrogens with one attached hydrogen (secondary N) is 1. The Hall–Kier alpha value is -1.71. The molecule has 2 atom stereocenters. The maximum absolute atomic E-state index is 12.0. The Balaban J connectivity index is 0.00000450. The van der Waals surface area contributed by atoms with Gasteiger partial charge in [0.25, 0.3) is 0 Å². The Labute approximate surface area is 197 Å². The molecule has 1 aromatic carbocycles. The Morgan fingerprint density at radius 1 is 1.23 bits per heavy atom. The number of ether oxygens (including phenoxy) is 3. The van der Waals surface area contributed by atoms with Crippen LogP contribution in [0.2, 0.25) is 0 Å². The zero-order valence-corrected chi connectivity index (χ0v) is 21.1. The molecule has 0 aromatic heterocycles. The van der Waals surface area contributed by atoms with Crippen LogP contribution in [-0.2, 0) is 16.0 Å². The number of nitrogens with zero attached hydrogens (tertiary/aromatic N) is 2. The third-order valence-corrected chi connectivity index (χ3v) is 5.16. The molecule has 7 nitrogen and oxygen atoms in total. The van der Waals surface area contributed by atoms with Gasteiger partial charge >= 0.3 is 5.97 Å². The van der Waals surface area contributed by atoms with Crippen molar-refractivity contribution >= 4 is 35.9 Å². The molecule has 1 fully saturated rings. The van der Waals surface area contributed by atoms with E-state index in [2.05, 4.69) is 30.1 Å². The van der Waals surface area contributed by atoms with Gasteiger partial charge in [-0.05, 0) is 50.3 Å². The molecule has 2 rings (SSSR count). The summed E-state index contributed by atoms with van der Waals surface area (Å²) in [6.45, 7) is 9.68. The van der Waals surface area contributed by atoms with E-state index in [1.54, 1.807) is 7.11 Å². The van der Waals surface area contributed by atoms with Gasteiger partial charge in [-0.2, -0.15) is 0 Å². The fraction of sp³-hybridized carbons (Fsp3) is 0.636. The van der Waals surface area contributed by atoms with Crippen LogP contribution < -0.4 is 14.8 Å². The van der Waals surface area contributed by atoms with E-state index in [-0.39, 0.29) is 41.8 Å². The second-order valence-electron chi connectivity index (χ2n) is 7.27. The summed E-state index contributed by atoms with van der Waals surface area (Å²) in [6.07, 6.45) is 1.84. The number of benzene rings is 1. The van der Waals surface area contributed by atoms with Gasteiger partial charge in [0.05, 0.1) is 26.7 Å². The van der Waals surface area contributed by atoms with E-state index in [1.807, 2.05) is 19.1 Å². The predicted octanol–water partition coefficient (Wildman–Crippen LogP) is 3.35. The number of aryl methyl sites for hydroxylation is 1. The molecule has 0 amide bonds. The molecule has 0 spiro atoms. The minimum atomic E-state index is -0.138. The maximum atomic E-state index is 12.0. The van der Waals surface area contributed by atoms with E-state index in [0.717, 1.165) is 43.4 Å². The van der Waals surface area contributed by atoms with E-state index >= 15 is 0 Å². The molecule has 30 heavy (non-hydrogen) atoms. The molecule has 0 bridgehead atoms. The minimum Gasteiger partial charge on any atom is -0.493 e. The monoisotopic (exact) mass is 533 g/mol. The number of rotatable bonds is 9. The first kappa shape index (κ1) is 26.3. The third kappa shape index (κ3) is 7.21. The fourth-order valence-electron chi connectivity index (χ4n) is 3.64. The lowest BCUT2D eigenvalue weighted by Crippen LogP contribution is -2.40. The molecule has 1 aliphatic heterocycles. The highest BCUT2D eigenvalue weighted by Crippen LogP contribution is 2.28. The quantitative estimate of drug-likeness (QED) is 0.173. The van der Waals surface area contributed by atoms with Gasteiger partial charge in [0, 0.05) is 26.2 Å². The first-order chi connectivity index (χ1) is 14.0. The number of halogens is 1. The zero-order chi connectivity index (χ0) is 21.2. The fourth-order valence-corrected chi connectivity index (χ4v) is 3.64. The first-order valence-corrected chi connectivity index (χ1v) is 10.4. The van der Waals surface area contributed by atoms with Crippen LogP contribution in [-0.4, -0.2) is 63.8 Å². The molecule has 1 N–H and O–H groups in total. The zero-order valence-electron chi connectivity index (χ0n) is 18.8. The van der Waals surface area contributed by atoms with E-state index in [9.17, 15) is 4.79 Å². The topological polar surface area (TPSA) is 72.4 Å². The normalized spacial score (nSPS) is 18.6. The van der Waals surface area contributed by atoms with Crippen molar-refractivity contribution < 1.29 is 19.0 Å². The van der Waals surface area contributed by atoms with Gasteiger partial charge < -0.3 is 24.4 Å². The average molecular weight is 533 g/mol. The van der Waals surface area contributed by atoms with Crippen LogP contribution in [0.4, 0.5) is 0 Å². The number of esters is 1. The highest BCUT2D eigenvalue weighted by atomic mass is 127. The van der Waals surface area contributed by atoms with Gasteiger partial charge in [0.15, 0.2) is 17.5 Å². The molecule has 8 heteroatoms. The summed E-state index contributed by atoms with van der Waals surface area (Å²) in [7, 11) is 3.10. The van der Waals surface area contributed by atoms with E-state index in [1.165, 1.54) is 12.7 Å². The molecule has 1 saturated heterocycles. The minimum absolute atomic E-state index is 0. The third-order valence-electron chi connectivity index (χ3n) is 5.16. The van der Waals surface area contributed by atoms with Gasteiger partial charge in [0.1, 0.15) is 0 Å². The largest absolute Gasteiger partial charge is 0.493 e. The van der Waals surface area contributed by atoms with Crippen LogP contribution in [0.25, 0.3) is 0 Å². The highest BCUT2D eigenvalue weighted by Gasteiger charge is 2.36. The van der Waals surface area contributed by atoms with Gasteiger partial charge in [-0.1, -0.05) is 13.0 Å². The van der Waals surface area contributed by atoms with E-state index < -0.39 is 0 Å². The van der Waals surface area contributed by atoms with Crippen molar-refractivity contribution in [2.75, 3.05) is 47.0 Å². The molecule has 0 aliphatic carbocycles. The number of likely N-dealkylation sites (tertiary alicyclic amines) is 1. The number of aliphatic imine (C=N–C) groups is 1. The van der Waals surface area contributed by atoms with Crippen LogP contribution in [0.15, 0.2) is 23.2 Å². The number of carbonyl (C=O) groups excluding carboxylic acids is 1. The summed E-state index contributed by atoms with van der Waals surface area (Å²) in [6, 6.07) is 6.06. The Bertz CT molecular complexity index is 699. The Kier molecular flexibility index (Phi) is 11.9. The standard InChI is InChI=1S/C22H35N3O4.HI/c1-6-23-22(25-14-16(3)18(15-25)21(26)28-5)24-12-8-9-17-10-11-19(27-4)20(13-17)29-7-2;/h10-11,13,16,18H,6-9,12,14-15H2,1-5H3,(H,23,24);1H. The molecular weight excluding hydrogens is 497 g/mol. The summed E-state index contributed by atoms with van der Waals surface area (Å²) in [5, 5.41) is 3.35. The average Bonchev–Trinajstić information content (AvgIpc) is 3.11. The predicted molar refractivity (Wildman–Crippen MR) is 130 cm³/mol. The van der Waals surface area contributed by atoms with Crippen molar-refractivity contribution in [3.8, 4) is 11.5 Å². The lowest BCUT2D eigenvalue weighted by molar-refractivity contribution is -0.145. The Morgan fingerprint density at radius 3 is 2.63 bits per heavy atom. The van der Waals surface area contributed by atoms with Crippen LogP contribution in [0.3, 0.4) is 0 Å². The lowest BCUT2D eigenvalue weighted by atomic mass is 9.99. The second kappa shape index (κ2) is 13.6.